The molecule has 1 fully saturated rings. The van der Waals surface area contributed by atoms with E-state index in [1.54, 1.807) is 6.07 Å². The van der Waals surface area contributed by atoms with Gasteiger partial charge in [-0.15, -0.1) is 0 Å². The summed E-state index contributed by atoms with van der Waals surface area (Å²) >= 11 is 0. The summed E-state index contributed by atoms with van der Waals surface area (Å²) < 4.78 is 13.0. The highest BCUT2D eigenvalue weighted by Gasteiger charge is 2.36. The lowest BCUT2D eigenvalue weighted by molar-refractivity contribution is 0.460. The van der Waals surface area contributed by atoms with Gasteiger partial charge in [-0.3, -0.25) is 0 Å². The van der Waals surface area contributed by atoms with E-state index in [4.69, 9.17) is 5.73 Å². The molecule has 15 heavy (non-hydrogen) atoms. The standard InChI is InChI=1S/C12H17FN2/c1-8-5-9(13)3-4-10(8)11-6-15-7-12(11,2)14/h3-5,11,15H,6-7,14H2,1-2H3/t11-,12+/m1/s1. The number of rotatable bonds is 1. The second-order valence-electron chi connectivity index (χ2n) is 4.69. The molecule has 0 aliphatic carbocycles. The van der Waals surface area contributed by atoms with Crippen LogP contribution in [-0.2, 0) is 0 Å². The molecule has 3 N–H and O–H groups in total. The average Bonchev–Trinajstić information content (AvgIpc) is 2.46. The van der Waals surface area contributed by atoms with Crippen molar-refractivity contribution in [2.24, 2.45) is 5.73 Å². The highest BCUT2D eigenvalue weighted by Crippen LogP contribution is 2.31. The minimum absolute atomic E-state index is 0.180. The second-order valence-corrected chi connectivity index (χ2v) is 4.69. The van der Waals surface area contributed by atoms with Gasteiger partial charge in [-0.25, -0.2) is 4.39 Å². The van der Waals surface area contributed by atoms with E-state index in [0.717, 1.165) is 24.2 Å². The summed E-state index contributed by atoms with van der Waals surface area (Å²) in [6, 6.07) is 4.94. The monoisotopic (exact) mass is 208 g/mol. The minimum atomic E-state index is -0.234. The Labute approximate surface area is 89.7 Å². The lowest BCUT2D eigenvalue weighted by Crippen LogP contribution is -2.43. The minimum Gasteiger partial charge on any atom is -0.324 e. The van der Waals surface area contributed by atoms with Crippen LogP contribution in [0.2, 0.25) is 0 Å². The first kappa shape index (κ1) is 10.6. The normalized spacial score (nSPS) is 30.8. The van der Waals surface area contributed by atoms with E-state index in [9.17, 15) is 4.39 Å². The van der Waals surface area contributed by atoms with Gasteiger partial charge in [0.05, 0.1) is 0 Å². The van der Waals surface area contributed by atoms with Gasteiger partial charge >= 0.3 is 0 Å². The molecule has 1 aromatic rings. The fraction of sp³-hybridized carbons (Fsp3) is 0.500. The quantitative estimate of drug-likeness (QED) is 0.734. The molecule has 2 atom stereocenters. The zero-order valence-corrected chi connectivity index (χ0v) is 9.18. The molecule has 2 rings (SSSR count). The van der Waals surface area contributed by atoms with E-state index in [2.05, 4.69) is 5.32 Å². The molecule has 0 saturated carbocycles. The van der Waals surface area contributed by atoms with Gasteiger partial charge in [-0.1, -0.05) is 6.07 Å². The van der Waals surface area contributed by atoms with Crippen LogP contribution >= 0.6 is 0 Å². The molecule has 0 unspecified atom stereocenters. The summed E-state index contributed by atoms with van der Waals surface area (Å²) in [7, 11) is 0. The Morgan fingerprint density at radius 2 is 2.27 bits per heavy atom. The molecule has 0 bridgehead atoms. The van der Waals surface area contributed by atoms with Gasteiger partial charge in [0.15, 0.2) is 0 Å². The van der Waals surface area contributed by atoms with Crippen LogP contribution in [0.25, 0.3) is 0 Å². The third kappa shape index (κ3) is 1.90. The van der Waals surface area contributed by atoms with Gasteiger partial charge in [0.2, 0.25) is 0 Å². The number of hydrogen-bond donors (Lipinski definition) is 2. The summed E-state index contributed by atoms with van der Waals surface area (Å²) in [6.07, 6.45) is 0. The number of hydrogen-bond acceptors (Lipinski definition) is 2. The highest BCUT2D eigenvalue weighted by molar-refractivity contribution is 5.34. The predicted molar refractivity (Wildman–Crippen MR) is 59.3 cm³/mol. The molecule has 1 saturated heterocycles. The van der Waals surface area contributed by atoms with Crippen molar-refractivity contribution in [3.8, 4) is 0 Å². The van der Waals surface area contributed by atoms with Crippen molar-refractivity contribution >= 4 is 0 Å². The van der Waals surface area contributed by atoms with Gasteiger partial charge in [-0.2, -0.15) is 0 Å². The summed E-state index contributed by atoms with van der Waals surface area (Å²) in [5.41, 5.74) is 8.12. The molecular weight excluding hydrogens is 191 g/mol. The summed E-state index contributed by atoms with van der Waals surface area (Å²) in [4.78, 5) is 0. The predicted octanol–water partition coefficient (Wildman–Crippen LogP) is 1.54. The van der Waals surface area contributed by atoms with Crippen LogP contribution in [0.3, 0.4) is 0 Å². The zero-order valence-electron chi connectivity index (χ0n) is 9.18. The SMILES string of the molecule is Cc1cc(F)ccc1[C@H]1CNC[C@]1(C)N. The van der Waals surface area contributed by atoms with Gasteiger partial charge in [0, 0.05) is 24.5 Å². The molecule has 0 spiro atoms. The van der Waals surface area contributed by atoms with Crippen molar-refractivity contribution in [2.45, 2.75) is 25.3 Å². The number of aryl methyl sites for hydroxylation is 1. The Balaban J connectivity index is 2.37. The van der Waals surface area contributed by atoms with Crippen LogP contribution in [0.4, 0.5) is 4.39 Å². The maximum atomic E-state index is 13.0. The van der Waals surface area contributed by atoms with E-state index >= 15 is 0 Å². The van der Waals surface area contributed by atoms with Gasteiger partial charge < -0.3 is 11.1 Å². The van der Waals surface area contributed by atoms with E-state index < -0.39 is 0 Å². The Morgan fingerprint density at radius 3 is 2.80 bits per heavy atom. The number of benzene rings is 1. The van der Waals surface area contributed by atoms with E-state index in [0.29, 0.717) is 0 Å². The molecule has 1 aliphatic rings. The fourth-order valence-electron chi connectivity index (χ4n) is 2.34. The Bertz CT molecular complexity index is 374. The van der Waals surface area contributed by atoms with Gasteiger partial charge in [-0.05, 0) is 37.1 Å². The third-order valence-electron chi connectivity index (χ3n) is 3.26. The zero-order chi connectivity index (χ0) is 11.1. The molecule has 2 nitrogen and oxygen atoms in total. The lowest BCUT2D eigenvalue weighted by Gasteiger charge is -2.27. The van der Waals surface area contributed by atoms with Crippen molar-refractivity contribution < 1.29 is 4.39 Å². The molecule has 0 aromatic heterocycles. The van der Waals surface area contributed by atoms with Crippen LogP contribution in [0.5, 0.6) is 0 Å². The van der Waals surface area contributed by atoms with Crippen LogP contribution in [0.15, 0.2) is 18.2 Å². The van der Waals surface area contributed by atoms with Crippen LogP contribution < -0.4 is 11.1 Å². The van der Waals surface area contributed by atoms with Crippen molar-refractivity contribution in [3.05, 3.63) is 35.1 Å². The fourth-order valence-corrected chi connectivity index (χ4v) is 2.34. The molecule has 3 heteroatoms. The Hall–Kier alpha value is -0.930. The summed E-state index contributed by atoms with van der Waals surface area (Å²) in [5, 5.41) is 3.28. The van der Waals surface area contributed by atoms with Crippen LogP contribution in [-0.4, -0.2) is 18.6 Å². The molecular formula is C12H17FN2. The largest absolute Gasteiger partial charge is 0.324 e. The Kier molecular flexibility index (Phi) is 2.52. The summed E-state index contributed by atoms with van der Waals surface area (Å²) in [5.74, 6) is 0.0963. The molecule has 1 aromatic carbocycles. The molecule has 82 valence electrons. The first-order chi connectivity index (χ1) is 7.00. The van der Waals surface area contributed by atoms with E-state index in [-0.39, 0.29) is 17.3 Å². The average molecular weight is 208 g/mol. The van der Waals surface area contributed by atoms with Crippen molar-refractivity contribution in [2.75, 3.05) is 13.1 Å². The lowest BCUT2D eigenvalue weighted by atomic mass is 9.82. The first-order valence-corrected chi connectivity index (χ1v) is 5.26. The van der Waals surface area contributed by atoms with E-state index in [1.165, 1.54) is 6.07 Å². The first-order valence-electron chi connectivity index (χ1n) is 5.26. The maximum Gasteiger partial charge on any atom is 0.123 e. The Morgan fingerprint density at radius 1 is 1.53 bits per heavy atom. The van der Waals surface area contributed by atoms with Crippen LogP contribution in [0, 0.1) is 12.7 Å². The number of halogens is 1. The van der Waals surface area contributed by atoms with Crippen molar-refractivity contribution in [3.63, 3.8) is 0 Å². The maximum absolute atomic E-state index is 13.0. The van der Waals surface area contributed by atoms with Gasteiger partial charge in [0.1, 0.15) is 5.82 Å². The topological polar surface area (TPSA) is 38.0 Å². The molecule has 1 heterocycles. The van der Waals surface area contributed by atoms with Gasteiger partial charge in [0.25, 0.3) is 0 Å². The molecule has 1 aliphatic heterocycles. The number of nitrogens with one attached hydrogen (secondary N) is 1. The van der Waals surface area contributed by atoms with Crippen molar-refractivity contribution in [1.82, 2.24) is 5.32 Å². The molecule has 0 amide bonds. The van der Waals surface area contributed by atoms with Crippen LogP contribution in [0.1, 0.15) is 24.0 Å². The third-order valence-corrected chi connectivity index (χ3v) is 3.26. The number of nitrogens with two attached hydrogens (primary N) is 1. The smallest absolute Gasteiger partial charge is 0.123 e. The highest BCUT2D eigenvalue weighted by atomic mass is 19.1. The molecule has 0 radical (unpaired) electrons. The van der Waals surface area contributed by atoms with E-state index in [1.807, 2.05) is 19.9 Å². The second kappa shape index (κ2) is 3.58. The summed E-state index contributed by atoms with van der Waals surface area (Å²) in [6.45, 7) is 5.67. The van der Waals surface area contributed by atoms with Crippen molar-refractivity contribution in [1.29, 1.82) is 0 Å².